The summed E-state index contributed by atoms with van der Waals surface area (Å²) >= 11 is 7.15. The van der Waals surface area contributed by atoms with Crippen LogP contribution in [0.15, 0.2) is 21.1 Å². The molecule has 0 amide bonds. The summed E-state index contributed by atoms with van der Waals surface area (Å²) in [5.41, 5.74) is 8.66. The summed E-state index contributed by atoms with van der Waals surface area (Å²) in [7, 11) is 0. The Hall–Kier alpha value is 0.140. The van der Waals surface area contributed by atoms with E-state index in [2.05, 4.69) is 64.8 Å². The van der Waals surface area contributed by atoms with Crippen LogP contribution in [0, 0.1) is 12.8 Å². The topological polar surface area (TPSA) is 26.0 Å². The number of benzene rings is 1. The molecule has 0 spiro atoms. The van der Waals surface area contributed by atoms with E-state index < -0.39 is 0 Å². The van der Waals surface area contributed by atoms with E-state index in [-0.39, 0.29) is 6.04 Å². The van der Waals surface area contributed by atoms with Gasteiger partial charge in [-0.2, -0.15) is 0 Å². The number of nitrogens with two attached hydrogens (primary N) is 1. The highest BCUT2D eigenvalue weighted by Gasteiger charge is 2.14. The second-order valence-electron chi connectivity index (χ2n) is 4.48. The van der Waals surface area contributed by atoms with Crippen molar-refractivity contribution in [1.29, 1.82) is 0 Å². The van der Waals surface area contributed by atoms with Crippen LogP contribution in [0.25, 0.3) is 0 Å². The monoisotopic (exact) mass is 347 g/mol. The molecule has 0 fully saturated rings. The fourth-order valence-electron chi connectivity index (χ4n) is 1.67. The van der Waals surface area contributed by atoms with Gasteiger partial charge in [-0.25, -0.2) is 0 Å². The van der Waals surface area contributed by atoms with E-state index in [1.165, 1.54) is 17.5 Å². The number of halogens is 2. The van der Waals surface area contributed by atoms with Gasteiger partial charge in [-0.3, -0.25) is 0 Å². The SMILES string of the molecule is CCC(C)CC(N)c1cc(Br)c(C)cc1Br. The zero-order valence-corrected chi connectivity index (χ0v) is 13.2. The Balaban J connectivity index is 2.91. The molecule has 0 aromatic heterocycles. The Morgan fingerprint density at radius 1 is 1.25 bits per heavy atom. The molecule has 0 saturated carbocycles. The fourth-order valence-corrected chi connectivity index (χ4v) is 2.79. The first-order valence-corrected chi connectivity index (χ1v) is 7.25. The molecule has 0 radical (unpaired) electrons. The van der Waals surface area contributed by atoms with Crippen LogP contribution in [-0.4, -0.2) is 0 Å². The van der Waals surface area contributed by atoms with Crippen molar-refractivity contribution in [2.45, 2.75) is 39.7 Å². The van der Waals surface area contributed by atoms with Crippen LogP contribution < -0.4 is 5.73 Å². The lowest BCUT2D eigenvalue weighted by molar-refractivity contribution is 0.460. The van der Waals surface area contributed by atoms with Crippen molar-refractivity contribution < 1.29 is 0 Å². The number of hydrogen-bond donors (Lipinski definition) is 1. The van der Waals surface area contributed by atoms with Gasteiger partial charge < -0.3 is 5.73 Å². The van der Waals surface area contributed by atoms with Crippen LogP contribution in [0.2, 0.25) is 0 Å². The lowest BCUT2D eigenvalue weighted by atomic mass is 9.94. The summed E-state index contributed by atoms with van der Waals surface area (Å²) in [6.45, 7) is 6.54. The van der Waals surface area contributed by atoms with Crippen molar-refractivity contribution in [3.63, 3.8) is 0 Å². The Morgan fingerprint density at radius 3 is 2.44 bits per heavy atom. The van der Waals surface area contributed by atoms with Crippen molar-refractivity contribution in [2.24, 2.45) is 11.7 Å². The fraction of sp³-hybridized carbons (Fsp3) is 0.538. The molecule has 16 heavy (non-hydrogen) atoms. The van der Waals surface area contributed by atoms with Crippen molar-refractivity contribution in [1.82, 2.24) is 0 Å². The van der Waals surface area contributed by atoms with E-state index in [1.54, 1.807) is 0 Å². The van der Waals surface area contributed by atoms with E-state index in [1.807, 2.05) is 0 Å². The Labute approximate surface area is 115 Å². The smallest absolute Gasteiger partial charge is 0.0309 e. The summed E-state index contributed by atoms with van der Waals surface area (Å²) in [6, 6.07) is 4.36. The quantitative estimate of drug-likeness (QED) is 0.817. The molecule has 1 nitrogen and oxygen atoms in total. The Morgan fingerprint density at radius 2 is 1.88 bits per heavy atom. The molecule has 0 aliphatic carbocycles. The number of aryl methyl sites for hydroxylation is 1. The van der Waals surface area contributed by atoms with E-state index >= 15 is 0 Å². The van der Waals surface area contributed by atoms with Crippen LogP contribution in [0.5, 0.6) is 0 Å². The summed E-state index contributed by atoms with van der Waals surface area (Å²) in [6.07, 6.45) is 2.21. The summed E-state index contributed by atoms with van der Waals surface area (Å²) in [5.74, 6) is 0.668. The van der Waals surface area contributed by atoms with E-state index in [9.17, 15) is 0 Å². The minimum atomic E-state index is 0.112. The average molecular weight is 349 g/mol. The second kappa shape index (κ2) is 6.18. The molecule has 2 N–H and O–H groups in total. The Kier molecular flexibility index (Phi) is 5.48. The molecule has 0 aliphatic heterocycles. The lowest BCUT2D eigenvalue weighted by Crippen LogP contribution is -2.14. The molecule has 2 atom stereocenters. The first-order chi connectivity index (χ1) is 7.45. The molecule has 0 heterocycles. The minimum Gasteiger partial charge on any atom is -0.324 e. The van der Waals surface area contributed by atoms with Crippen LogP contribution in [-0.2, 0) is 0 Å². The van der Waals surface area contributed by atoms with Gasteiger partial charge in [0.05, 0.1) is 0 Å². The van der Waals surface area contributed by atoms with Crippen molar-refractivity contribution in [3.05, 3.63) is 32.2 Å². The van der Waals surface area contributed by atoms with Crippen LogP contribution in [0.3, 0.4) is 0 Å². The Bertz CT molecular complexity index is 363. The van der Waals surface area contributed by atoms with Crippen molar-refractivity contribution in [3.8, 4) is 0 Å². The predicted molar refractivity (Wildman–Crippen MR) is 77.6 cm³/mol. The zero-order chi connectivity index (χ0) is 12.3. The van der Waals surface area contributed by atoms with E-state index in [0.29, 0.717) is 5.92 Å². The molecular weight excluding hydrogens is 330 g/mol. The van der Waals surface area contributed by atoms with Gasteiger partial charge in [-0.05, 0) is 42.5 Å². The summed E-state index contributed by atoms with van der Waals surface area (Å²) in [5, 5.41) is 0. The van der Waals surface area contributed by atoms with Crippen molar-refractivity contribution >= 4 is 31.9 Å². The third-order valence-electron chi connectivity index (χ3n) is 3.03. The van der Waals surface area contributed by atoms with Gasteiger partial charge in [-0.1, -0.05) is 52.1 Å². The summed E-state index contributed by atoms with van der Waals surface area (Å²) < 4.78 is 2.24. The van der Waals surface area contributed by atoms with Gasteiger partial charge in [0.15, 0.2) is 0 Å². The van der Waals surface area contributed by atoms with Gasteiger partial charge in [0.2, 0.25) is 0 Å². The largest absolute Gasteiger partial charge is 0.324 e. The van der Waals surface area contributed by atoms with E-state index in [0.717, 1.165) is 15.4 Å². The molecule has 1 rings (SSSR count). The van der Waals surface area contributed by atoms with Gasteiger partial charge >= 0.3 is 0 Å². The normalized spacial score (nSPS) is 14.9. The first kappa shape index (κ1) is 14.2. The highest BCUT2D eigenvalue weighted by Crippen LogP contribution is 2.31. The minimum absolute atomic E-state index is 0.112. The lowest BCUT2D eigenvalue weighted by Gasteiger charge is -2.18. The number of hydrogen-bond acceptors (Lipinski definition) is 1. The average Bonchev–Trinajstić information content (AvgIpc) is 2.23. The second-order valence-corrected chi connectivity index (χ2v) is 6.19. The molecule has 90 valence electrons. The summed E-state index contributed by atoms with van der Waals surface area (Å²) in [4.78, 5) is 0. The van der Waals surface area contributed by atoms with Gasteiger partial charge in [0.25, 0.3) is 0 Å². The van der Waals surface area contributed by atoms with Crippen molar-refractivity contribution in [2.75, 3.05) is 0 Å². The van der Waals surface area contributed by atoms with Crippen LogP contribution in [0.1, 0.15) is 43.9 Å². The maximum Gasteiger partial charge on any atom is 0.0309 e. The van der Waals surface area contributed by atoms with Gasteiger partial charge in [0, 0.05) is 15.0 Å². The first-order valence-electron chi connectivity index (χ1n) is 5.66. The molecule has 0 saturated heterocycles. The highest BCUT2D eigenvalue weighted by atomic mass is 79.9. The van der Waals surface area contributed by atoms with E-state index in [4.69, 9.17) is 5.73 Å². The zero-order valence-electron chi connectivity index (χ0n) is 10.1. The maximum absolute atomic E-state index is 6.24. The van der Waals surface area contributed by atoms with Gasteiger partial charge in [-0.15, -0.1) is 0 Å². The maximum atomic E-state index is 6.24. The molecule has 2 unspecified atom stereocenters. The standard InChI is InChI=1S/C13H19Br2N/c1-4-8(2)5-13(16)10-7-11(14)9(3)6-12(10)15/h6-8,13H,4-5,16H2,1-3H3. The highest BCUT2D eigenvalue weighted by molar-refractivity contribution is 9.11. The molecule has 1 aromatic rings. The van der Waals surface area contributed by atoms with Crippen LogP contribution in [0.4, 0.5) is 0 Å². The predicted octanol–water partition coefficient (Wildman–Crippen LogP) is 4.96. The van der Waals surface area contributed by atoms with Gasteiger partial charge in [0.1, 0.15) is 0 Å². The molecule has 0 bridgehead atoms. The molecule has 3 heteroatoms. The third-order valence-corrected chi connectivity index (χ3v) is 4.57. The number of rotatable bonds is 4. The molecular formula is C13H19Br2N. The molecule has 1 aromatic carbocycles. The third kappa shape index (κ3) is 3.57. The molecule has 0 aliphatic rings. The van der Waals surface area contributed by atoms with Crippen LogP contribution >= 0.6 is 31.9 Å².